The van der Waals surface area contributed by atoms with Crippen LogP contribution in [0.1, 0.15) is 25.5 Å². The van der Waals surface area contributed by atoms with Crippen LogP contribution in [0.5, 0.6) is 5.75 Å². The van der Waals surface area contributed by atoms with Gasteiger partial charge in [0.05, 0.1) is 32.3 Å². The Morgan fingerprint density at radius 2 is 2.10 bits per heavy atom. The van der Waals surface area contributed by atoms with Gasteiger partial charge in [0.25, 0.3) is 0 Å². The Morgan fingerprint density at radius 3 is 2.71 bits per heavy atom. The molecule has 0 radical (unpaired) electrons. The van der Waals surface area contributed by atoms with Gasteiger partial charge in [0.2, 0.25) is 5.91 Å². The maximum Gasteiger partial charge on any atom is 0.227 e. The number of likely N-dealkylation sites (N-methyl/N-ethyl adjacent to an activating group) is 1. The molecule has 1 heterocycles. The van der Waals surface area contributed by atoms with E-state index in [4.69, 9.17) is 9.47 Å². The van der Waals surface area contributed by atoms with Gasteiger partial charge in [-0.3, -0.25) is 4.79 Å². The van der Waals surface area contributed by atoms with Crippen molar-refractivity contribution in [2.45, 2.75) is 25.9 Å². The van der Waals surface area contributed by atoms with Gasteiger partial charge in [-0.05, 0) is 31.2 Å². The number of rotatable bonds is 6. The molecule has 5 nitrogen and oxygen atoms in total. The third-order valence-corrected chi connectivity index (χ3v) is 3.86. The Hall–Kier alpha value is -1.59. The smallest absolute Gasteiger partial charge is 0.227 e. The van der Waals surface area contributed by atoms with Gasteiger partial charge in [0.1, 0.15) is 5.75 Å². The Labute approximate surface area is 126 Å². The summed E-state index contributed by atoms with van der Waals surface area (Å²) in [6.07, 6.45) is 0. The summed E-state index contributed by atoms with van der Waals surface area (Å²) in [6, 6.07) is 7.81. The van der Waals surface area contributed by atoms with Crippen molar-refractivity contribution in [3.8, 4) is 5.75 Å². The van der Waals surface area contributed by atoms with E-state index < -0.39 is 0 Å². The summed E-state index contributed by atoms with van der Waals surface area (Å²) >= 11 is 0. The molecule has 2 N–H and O–H groups in total. The Kier molecular flexibility index (Phi) is 5.59. The maximum atomic E-state index is 12.4. The molecule has 2 rings (SSSR count). The summed E-state index contributed by atoms with van der Waals surface area (Å²) in [4.78, 5) is 12.4. The van der Waals surface area contributed by atoms with E-state index in [1.165, 1.54) is 0 Å². The zero-order valence-electron chi connectivity index (χ0n) is 12.9. The summed E-state index contributed by atoms with van der Waals surface area (Å²) < 4.78 is 10.6. The van der Waals surface area contributed by atoms with Gasteiger partial charge in [-0.15, -0.1) is 0 Å². The Bertz CT molecular complexity index is 461. The van der Waals surface area contributed by atoms with Gasteiger partial charge in [-0.25, -0.2) is 0 Å². The van der Waals surface area contributed by atoms with Crippen molar-refractivity contribution < 1.29 is 14.3 Å². The summed E-state index contributed by atoms with van der Waals surface area (Å²) in [5.74, 6) is 0.737. The highest BCUT2D eigenvalue weighted by atomic mass is 16.5. The predicted octanol–water partition coefficient (Wildman–Crippen LogP) is 1.50. The minimum atomic E-state index is -0.120. The molecule has 0 bridgehead atoms. The fraction of sp³-hybridized carbons (Fsp3) is 0.562. The van der Waals surface area contributed by atoms with Crippen molar-refractivity contribution >= 4 is 5.91 Å². The molecule has 116 valence electrons. The highest BCUT2D eigenvalue weighted by Gasteiger charge is 2.33. The number of ether oxygens (including phenoxy) is 2. The van der Waals surface area contributed by atoms with Gasteiger partial charge in [0, 0.05) is 6.04 Å². The maximum absolute atomic E-state index is 12.4. The molecule has 1 aliphatic rings. The average Bonchev–Trinajstić information content (AvgIpc) is 2.96. The molecule has 1 aliphatic heterocycles. The first kappa shape index (κ1) is 15.8. The number of benzene rings is 1. The molecule has 2 unspecified atom stereocenters. The van der Waals surface area contributed by atoms with Gasteiger partial charge in [0.15, 0.2) is 0 Å². The van der Waals surface area contributed by atoms with Crippen LogP contribution in [-0.2, 0) is 9.53 Å². The first-order valence-electron chi connectivity index (χ1n) is 7.41. The Balaban J connectivity index is 1.94. The molecule has 3 atom stereocenters. The number of carbonyl (C=O) groups excluding carboxylic acids is 1. The van der Waals surface area contributed by atoms with Crippen molar-refractivity contribution in [3.63, 3.8) is 0 Å². The molecule has 5 heteroatoms. The number of carbonyl (C=O) groups is 1. The minimum absolute atomic E-state index is 0.0358. The van der Waals surface area contributed by atoms with Crippen LogP contribution in [0.3, 0.4) is 0 Å². The van der Waals surface area contributed by atoms with Gasteiger partial charge >= 0.3 is 0 Å². The van der Waals surface area contributed by atoms with Gasteiger partial charge in [-0.2, -0.15) is 0 Å². The van der Waals surface area contributed by atoms with Gasteiger partial charge < -0.3 is 20.1 Å². The third-order valence-electron chi connectivity index (χ3n) is 3.86. The van der Waals surface area contributed by atoms with Crippen molar-refractivity contribution in [3.05, 3.63) is 29.8 Å². The molecule has 1 amide bonds. The third kappa shape index (κ3) is 3.95. The zero-order chi connectivity index (χ0) is 15.2. The van der Waals surface area contributed by atoms with Crippen LogP contribution in [0.2, 0.25) is 0 Å². The molecule has 0 aromatic heterocycles. The van der Waals surface area contributed by atoms with E-state index >= 15 is 0 Å². The summed E-state index contributed by atoms with van der Waals surface area (Å²) in [5.41, 5.74) is 1.06. The topological polar surface area (TPSA) is 59.6 Å². The van der Waals surface area contributed by atoms with E-state index in [0.29, 0.717) is 13.2 Å². The lowest BCUT2D eigenvalue weighted by Gasteiger charge is -2.21. The van der Waals surface area contributed by atoms with Crippen molar-refractivity contribution in [1.82, 2.24) is 10.6 Å². The molecule has 1 saturated heterocycles. The second kappa shape index (κ2) is 7.43. The lowest BCUT2D eigenvalue weighted by molar-refractivity contribution is -0.126. The fourth-order valence-corrected chi connectivity index (χ4v) is 2.57. The monoisotopic (exact) mass is 292 g/mol. The number of hydrogen-bond acceptors (Lipinski definition) is 4. The quantitative estimate of drug-likeness (QED) is 0.834. The number of hydrogen-bond donors (Lipinski definition) is 2. The molecular weight excluding hydrogens is 268 g/mol. The SMILES string of the molecule is CCNC1COCC1C(=O)N[C@@H](C)c1ccc(OC)cc1. The molecular formula is C16H24N2O3. The number of methoxy groups -OCH3 is 1. The molecule has 1 aromatic rings. The summed E-state index contributed by atoms with van der Waals surface area (Å²) in [5, 5.41) is 6.37. The van der Waals surface area contributed by atoms with Gasteiger partial charge in [-0.1, -0.05) is 19.1 Å². The van der Waals surface area contributed by atoms with Crippen LogP contribution in [0.25, 0.3) is 0 Å². The first-order chi connectivity index (χ1) is 10.2. The molecule has 0 saturated carbocycles. The van der Waals surface area contributed by atoms with E-state index in [1.54, 1.807) is 7.11 Å². The van der Waals surface area contributed by atoms with Crippen LogP contribution >= 0.6 is 0 Å². The molecule has 0 spiro atoms. The molecule has 0 aliphatic carbocycles. The van der Waals surface area contributed by atoms with E-state index in [1.807, 2.05) is 38.1 Å². The molecule has 1 fully saturated rings. The van der Waals surface area contributed by atoms with Crippen LogP contribution in [0, 0.1) is 5.92 Å². The van der Waals surface area contributed by atoms with Crippen LogP contribution in [0.4, 0.5) is 0 Å². The van der Waals surface area contributed by atoms with E-state index in [2.05, 4.69) is 10.6 Å². The molecule has 1 aromatic carbocycles. The summed E-state index contributed by atoms with van der Waals surface area (Å²) in [7, 11) is 1.64. The average molecular weight is 292 g/mol. The highest BCUT2D eigenvalue weighted by Crippen LogP contribution is 2.19. The second-order valence-electron chi connectivity index (χ2n) is 5.31. The van der Waals surface area contributed by atoms with Crippen LogP contribution in [0.15, 0.2) is 24.3 Å². The predicted molar refractivity (Wildman–Crippen MR) is 81.3 cm³/mol. The van der Waals surface area contributed by atoms with Crippen molar-refractivity contribution in [2.75, 3.05) is 26.9 Å². The first-order valence-corrected chi connectivity index (χ1v) is 7.41. The van der Waals surface area contributed by atoms with E-state index in [0.717, 1.165) is 17.9 Å². The standard InChI is InChI=1S/C16H24N2O3/c1-4-17-15-10-21-9-14(15)16(19)18-11(2)12-5-7-13(20-3)8-6-12/h5-8,11,14-15,17H,4,9-10H2,1-3H3,(H,18,19)/t11-,14?,15?/m0/s1. The van der Waals surface area contributed by atoms with E-state index in [9.17, 15) is 4.79 Å². The minimum Gasteiger partial charge on any atom is -0.497 e. The lowest BCUT2D eigenvalue weighted by atomic mass is 10.0. The summed E-state index contributed by atoms with van der Waals surface area (Å²) in [6.45, 7) is 5.94. The fourth-order valence-electron chi connectivity index (χ4n) is 2.57. The Morgan fingerprint density at radius 1 is 1.38 bits per heavy atom. The largest absolute Gasteiger partial charge is 0.497 e. The lowest BCUT2D eigenvalue weighted by Crippen LogP contribution is -2.44. The van der Waals surface area contributed by atoms with Crippen LogP contribution in [-0.4, -0.2) is 38.8 Å². The number of nitrogens with one attached hydrogen (secondary N) is 2. The zero-order valence-corrected chi connectivity index (χ0v) is 12.9. The van der Waals surface area contributed by atoms with Crippen LogP contribution < -0.4 is 15.4 Å². The highest BCUT2D eigenvalue weighted by molar-refractivity contribution is 5.80. The number of amides is 1. The van der Waals surface area contributed by atoms with Crippen molar-refractivity contribution in [2.24, 2.45) is 5.92 Å². The second-order valence-corrected chi connectivity index (χ2v) is 5.31. The van der Waals surface area contributed by atoms with Crippen molar-refractivity contribution in [1.29, 1.82) is 0 Å². The normalized spacial score (nSPS) is 22.8. The molecule has 21 heavy (non-hydrogen) atoms. The van der Waals surface area contributed by atoms with E-state index in [-0.39, 0.29) is 23.9 Å².